The summed E-state index contributed by atoms with van der Waals surface area (Å²) in [7, 11) is -3.69. The summed E-state index contributed by atoms with van der Waals surface area (Å²) in [5.41, 5.74) is 0.333. The third-order valence-electron chi connectivity index (χ3n) is 4.56. The van der Waals surface area contributed by atoms with Gasteiger partial charge in [0.15, 0.2) is 0 Å². The van der Waals surface area contributed by atoms with Crippen LogP contribution < -0.4 is 14.4 Å². The van der Waals surface area contributed by atoms with Gasteiger partial charge in [-0.3, -0.25) is 9.10 Å². The number of carbonyl (C=O) groups excluding carboxylic acids is 1. The molecule has 0 aromatic heterocycles. The smallest absolute Gasteiger partial charge is 0.243 e. The van der Waals surface area contributed by atoms with Gasteiger partial charge in [0, 0.05) is 10.4 Å². The third kappa shape index (κ3) is 5.23. The number of benzene rings is 3. The van der Waals surface area contributed by atoms with E-state index in [1.807, 2.05) is 42.5 Å². The molecule has 0 aliphatic carbocycles. The molecule has 0 aliphatic heterocycles. The van der Waals surface area contributed by atoms with Crippen LogP contribution in [-0.4, -0.2) is 39.8 Å². The molecule has 0 unspecified atom stereocenters. The topological polar surface area (TPSA) is 75.7 Å². The van der Waals surface area contributed by atoms with Crippen molar-refractivity contribution in [3.8, 4) is 5.75 Å². The largest absolute Gasteiger partial charge is 0.491 e. The number of fused-ring (bicyclic) bond motifs is 1. The molecule has 30 heavy (non-hydrogen) atoms. The SMILES string of the molecule is C[C@H](C(=O)NCCOc1cccc2ccccc12)N(c1cccc(Cl)c1)S(C)(=O)=O. The second kappa shape index (κ2) is 9.36. The Balaban J connectivity index is 1.63. The van der Waals surface area contributed by atoms with Crippen molar-refractivity contribution in [3.63, 3.8) is 0 Å². The first kappa shape index (κ1) is 21.9. The van der Waals surface area contributed by atoms with E-state index in [-0.39, 0.29) is 13.2 Å². The van der Waals surface area contributed by atoms with Crippen molar-refractivity contribution < 1.29 is 17.9 Å². The highest BCUT2D eigenvalue weighted by Gasteiger charge is 2.29. The fourth-order valence-corrected chi connectivity index (χ4v) is 4.58. The lowest BCUT2D eigenvalue weighted by Crippen LogP contribution is -2.48. The predicted molar refractivity (Wildman–Crippen MR) is 121 cm³/mol. The molecule has 0 saturated heterocycles. The fourth-order valence-electron chi connectivity index (χ4n) is 3.23. The van der Waals surface area contributed by atoms with Crippen molar-refractivity contribution in [2.24, 2.45) is 0 Å². The molecule has 1 N–H and O–H groups in total. The van der Waals surface area contributed by atoms with E-state index in [1.165, 1.54) is 13.0 Å². The van der Waals surface area contributed by atoms with Crippen LogP contribution in [0.1, 0.15) is 6.92 Å². The maximum absolute atomic E-state index is 12.6. The zero-order chi connectivity index (χ0) is 21.7. The number of nitrogens with zero attached hydrogens (tertiary/aromatic N) is 1. The number of hydrogen-bond donors (Lipinski definition) is 1. The minimum atomic E-state index is -3.69. The molecule has 3 aromatic rings. The van der Waals surface area contributed by atoms with Gasteiger partial charge < -0.3 is 10.1 Å². The summed E-state index contributed by atoms with van der Waals surface area (Å²) < 4.78 is 31.5. The molecule has 8 heteroatoms. The highest BCUT2D eigenvalue weighted by molar-refractivity contribution is 7.92. The first-order valence-corrected chi connectivity index (χ1v) is 11.6. The minimum Gasteiger partial charge on any atom is -0.491 e. The first-order valence-electron chi connectivity index (χ1n) is 9.40. The van der Waals surface area contributed by atoms with Crippen molar-refractivity contribution in [1.29, 1.82) is 0 Å². The highest BCUT2D eigenvalue weighted by atomic mass is 35.5. The summed E-state index contributed by atoms with van der Waals surface area (Å²) in [4.78, 5) is 12.6. The second-order valence-corrected chi connectivity index (χ2v) is 9.13. The lowest BCUT2D eigenvalue weighted by Gasteiger charge is -2.28. The molecule has 0 saturated carbocycles. The number of sulfonamides is 1. The van der Waals surface area contributed by atoms with Crippen molar-refractivity contribution in [2.45, 2.75) is 13.0 Å². The number of amides is 1. The Morgan fingerprint density at radius 1 is 1.10 bits per heavy atom. The Kier molecular flexibility index (Phi) is 6.84. The number of ether oxygens (including phenoxy) is 1. The maximum Gasteiger partial charge on any atom is 0.243 e. The van der Waals surface area contributed by atoms with Gasteiger partial charge >= 0.3 is 0 Å². The fraction of sp³-hybridized carbons (Fsp3) is 0.227. The Morgan fingerprint density at radius 3 is 2.53 bits per heavy atom. The van der Waals surface area contributed by atoms with Crippen LogP contribution in [0.2, 0.25) is 5.02 Å². The molecular weight excluding hydrogens is 424 g/mol. The molecule has 0 heterocycles. The van der Waals surface area contributed by atoms with Crippen LogP contribution in [0.5, 0.6) is 5.75 Å². The van der Waals surface area contributed by atoms with Gasteiger partial charge in [-0.2, -0.15) is 0 Å². The molecule has 3 rings (SSSR count). The summed E-state index contributed by atoms with van der Waals surface area (Å²) in [5.74, 6) is 0.300. The van der Waals surface area contributed by atoms with E-state index in [0.29, 0.717) is 10.7 Å². The molecular formula is C22H23ClN2O4S. The molecule has 0 radical (unpaired) electrons. The van der Waals surface area contributed by atoms with Gasteiger partial charge in [0.05, 0.1) is 18.5 Å². The monoisotopic (exact) mass is 446 g/mol. The summed E-state index contributed by atoms with van der Waals surface area (Å²) in [6, 6.07) is 19.1. The van der Waals surface area contributed by atoms with E-state index in [9.17, 15) is 13.2 Å². The number of halogens is 1. The summed E-state index contributed by atoms with van der Waals surface area (Å²) in [6.45, 7) is 2.02. The van der Waals surface area contributed by atoms with Gasteiger partial charge in [-0.1, -0.05) is 54.1 Å². The van der Waals surface area contributed by atoms with Crippen LogP contribution in [0.4, 0.5) is 5.69 Å². The molecule has 3 aromatic carbocycles. The van der Waals surface area contributed by atoms with Gasteiger partial charge in [0.2, 0.25) is 15.9 Å². The Hall–Kier alpha value is -2.77. The minimum absolute atomic E-state index is 0.236. The normalized spacial score (nSPS) is 12.4. The van der Waals surface area contributed by atoms with Gasteiger partial charge in [-0.05, 0) is 36.6 Å². The van der Waals surface area contributed by atoms with Crippen LogP contribution >= 0.6 is 11.6 Å². The Bertz CT molecular complexity index is 1150. The lowest BCUT2D eigenvalue weighted by molar-refractivity contribution is -0.121. The van der Waals surface area contributed by atoms with E-state index in [0.717, 1.165) is 27.1 Å². The van der Waals surface area contributed by atoms with Crippen molar-refractivity contribution in [2.75, 3.05) is 23.7 Å². The van der Waals surface area contributed by atoms with Gasteiger partial charge in [0.25, 0.3) is 0 Å². The molecule has 6 nitrogen and oxygen atoms in total. The van der Waals surface area contributed by atoms with Crippen LogP contribution in [-0.2, 0) is 14.8 Å². The number of anilines is 1. The van der Waals surface area contributed by atoms with Gasteiger partial charge in [-0.25, -0.2) is 8.42 Å². The molecule has 1 atom stereocenters. The van der Waals surface area contributed by atoms with Crippen molar-refractivity contribution in [1.82, 2.24) is 5.32 Å². The van der Waals surface area contributed by atoms with E-state index < -0.39 is 22.0 Å². The number of carbonyl (C=O) groups is 1. The van der Waals surface area contributed by atoms with E-state index in [1.54, 1.807) is 18.2 Å². The highest BCUT2D eigenvalue weighted by Crippen LogP contribution is 2.25. The Labute approximate surface area is 181 Å². The Morgan fingerprint density at radius 2 is 1.80 bits per heavy atom. The second-order valence-electron chi connectivity index (χ2n) is 6.83. The zero-order valence-corrected chi connectivity index (χ0v) is 18.3. The van der Waals surface area contributed by atoms with Crippen molar-refractivity contribution >= 4 is 44.0 Å². The third-order valence-corrected chi connectivity index (χ3v) is 6.04. The number of rotatable bonds is 8. The van der Waals surface area contributed by atoms with Crippen LogP contribution in [0.3, 0.4) is 0 Å². The number of nitrogens with one attached hydrogen (secondary N) is 1. The van der Waals surface area contributed by atoms with E-state index in [4.69, 9.17) is 16.3 Å². The zero-order valence-electron chi connectivity index (χ0n) is 16.7. The average Bonchev–Trinajstić information content (AvgIpc) is 2.70. The van der Waals surface area contributed by atoms with Gasteiger partial charge in [0.1, 0.15) is 18.4 Å². The molecule has 0 spiro atoms. The van der Waals surface area contributed by atoms with Crippen LogP contribution in [0, 0.1) is 0 Å². The summed E-state index contributed by atoms with van der Waals surface area (Å²) >= 11 is 5.99. The molecule has 0 bridgehead atoms. The average molecular weight is 447 g/mol. The lowest BCUT2D eigenvalue weighted by atomic mass is 10.1. The van der Waals surface area contributed by atoms with Crippen LogP contribution in [0.25, 0.3) is 10.8 Å². The number of hydrogen-bond acceptors (Lipinski definition) is 4. The quantitative estimate of drug-likeness (QED) is 0.533. The van der Waals surface area contributed by atoms with E-state index >= 15 is 0 Å². The van der Waals surface area contributed by atoms with E-state index in [2.05, 4.69) is 5.32 Å². The molecule has 0 fully saturated rings. The maximum atomic E-state index is 12.6. The first-order chi connectivity index (χ1) is 14.3. The molecule has 0 aliphatic rings. The summed E-state index contributed by atoms with van der Waals surface area (Å²) in [6.07, 6.45) is 1.06. The van der Waals surface area contributed by atoms with Gasteiger partial charge in [-0.15, -0.1) is 0 Å². The standard InChI is InChI=1S/C22H23ClN2O4S/c1-16(25(30(2,27)28)19-10-6-9-18(23)15-19)22(26)24-13-14-29-21-12-5-8-17-7-3-4-11-20(17)21/h3-12,15-16H,13-14H2,1-2H3,(H,24,26)/t16-/m1/s1. The van der Waals surface area contributed by atoms with Crippen LogP contribution in [0.15, 0.2) is 66.7 Å². The molecule has 158 valence electrons. The summed E-state index contributed by atoms with van der Waals surface area (Å²) in [5, 5.41) is 5.18. The predicted octanol–water partition coefficient (Wildman–Crippen LogP) is 3.84. The van der Waals surface area contributed by atoms with Crippen molar-refractivity contribution in [3.05, 3.63) is 71.8 Å². The molecule has 1 amide bonds.